The van der Waals surface area contributed by atoms with Crippen LogP contribution in [0.3, 0.4) is 0 Å². The fourth-order valence-electron chi connectivity index (χ4n) is 3.61. The molecule has 0 bridgehead atoms. The largest absolute Gasteiger partial charge is 0.390 e. The van der Waals surface area contributed by atoms with Gasteiger partial charge in [0.2, 0.25) is 0 Å². The third-order valence-corrected chi connectivity index (χ3v) is 5.66. The lowest BCUT2D eigenvalue weighted by Crippen LogP contribution is -2.47. The summed E-state index contributed by atoms with van der Waals surface area (Å²) in [6.07, 6.45) is -4.95. The van der Waals surface area contributed by atoms with Crippen molar-refractivity contribution in [2.24, 2.45) is 0 Å². The van der Waals surface area contributed by atoms with Crippen molar-refractivity contribution in [2.75, 3.05) is 49.5 Å². The number of nitrogens with one attached hydrogen (secondary N) is 2. The molecule has 1 amide bonds. The lowest BCUT2D eigenvalue weighted by molar-refractivity contribution is -0.138. The van der Waals surface area contributed by atoms with Gasteiger partial charge in [-0.15, -0.1) is 0 Å². The van der Waals surface area contributed by atoms with Gasteiger partial charge in [-0.1, -0.05) is 30.7 Å². The number of nitrogens with zero attached hydrogens (tertiary/aromatic N) is 2. The Kier molecular flexibility index (Phi) is 8.39. The topological polar surface area (TPSA) is 47.6 Å². The number of halogens is 4. The average molecular weight is 469 g/mol. The number of rotatable bonds is 8. The van der Waals surface area contributed by atoms with Gasteiger partial charge in [0.25, 0.3) is 5.91 Å². The van der Waals surface area contributed by atoms with Crippen LogP contribution in [0.1, 0.15) is 29.3 Å². The van der Waals surface area contributed by atoms with E-state index in [0.717, 1.165) is 24.3 Å². The first kappa shape index (κ1) is 24.4. The van der Waals surface area contributed by atoms with Crippen LogP contribution in [0.5, 0.6) is 0 Å². The van der Waals surface area contributed by atoms with E-state index in [4.69, 9.17) is 11.6 Å². The minimum Gasteiger partial charge on any atom is -0.367 e. The zero-order chi connectivity index (χ0) is 23.1. The molecule has 9 heteroatoms. The molecule has 1 fully saturated rings. The molecule has 1 aliphatic rings. The SMILES string of the molecule is CCNCc1ccc(C(=O)Nc2ccc(Cl)cc2N2CCN(CCC(F)(F)F)CC2)cc1. The fourth-order valence-corrected chi connectivity index (χ4v) is 3.77. The molecule has 0 spiro atoms. The number of hydrogen-bond acceptors (Lipinski definition) is 4. The van der Waals surface area contributed by atoms with Crippen LogP contribution in [0.25, 0.3) is 0 Å². The molecule has 0 unspecified atom stereocenters. The summed E-state index contributed by atoms with van der Waals surface area (Å²) >= 11 is 6.20. The van der Waals surface area contributed by atoms with Crippen LogP contribution in [0, 0.1) is 0 Å². The maximum Gasteiger partial charge on any atom is 0.390 e. The van der Waals surface area contributed by atoms with Gasteiger partial charge in [0.1, 0.15) is 0 Å². The molecule has 174 valence electrons. The lowest BCUT2D eigenvalue weighted by atomic mass is 10.1. The summed E-state index contributed by atoms with van der Waals surface area (Å²) in [5, 5.41) is 6.73. The van der Waals surface area contributed by atoms with Crippen LogP contribution in [0.4, 0.5) is 24.5 Å². The minimum atomic E-state index is -4.15. The van der Waals surface area contributed by atoms with E-state index in [0.29, 0.717) is 42.5 Å². The zero-order valence-electron chi connectivity index (χ0n) is 18.0. The summed E-state index contributed by atoms with van der Waals surface area (Å²) in [6, 6.07) is 12.7. The van der Waals surface area contributed by atoms with E-state index in [-0.39, 0.29) is 12.5 Å². The molecule has 1 heterocycles. The van der Waals surface area contributed by atoms with Gasteiger partial charge in [0.05, 0.1) is 17.8 Å². The second kappa shape index (κ2) is 11.0. The normalized spacial score (nSPS) is 15.1. The number of piperazine rings is 1. The van der Waals surface area contributed by atoms with E-state index in [2.05, 4.69) is 10.6 Å². The maximum absolute atomic E-state index is 12.8. The van der Waals surface area contributed by atoms with E-state index in [1.165, 1.54) is 0 Å². The van der Waals surface area contributed by atoms with Gasteiger partial charge in [0, 0.05) is 49.9 Å². The summed E-state index contributed by atoms with van der Waals surface area (Å²) in [5.74, 6) is -0.229. The lowest BCUT2D eigenvalue weighted by Gasteiger charge is -2.37. The summed E-state index contributed by atoms with van der Waals surface area (Å²) in [7, 11) is 0. The highest BCUT2D eigenvalue weighted by atomic mass is 35.5. The average Bonchev–Trinajstić information content (AvgIpc) is 2.77. The number of alkyl halides is 3. The monoisotopic (exact) mass is 468 g/mol. The highest BCUT2D eigenvalue weighted by Crippen LogP contribution is 2.31. The van der Waals surface area contributed by atoms with Gasteiger partial charge in [-0.3, -0.25) is 9.69 Å². The van der Waals surface area contributed by atoms with Crippen molar-refractivity contribution in [3.63, 3.8) is 0 Å². The van der Waals surface area contributed by atoms with Crippen molar-refractivity contribution < 1.29 is 18.0 Å². The third kappa shape index (κ3) is 7.12. The molecule has 2 aromatic carbocycles. The Morgan fingerprint density at radius 3 is 2.38 bits per heavy atom. The smallest absolute Gasteiger partial charge is 0.367 e. The predicted octanol–water partition coefficient (Wildman–Crippen LogP) is 4.78. The summed E-state index contributed by atoms with van der Waals surface area (Å²) in [6.45, 7) is 5.80. The standard InChI is InChI=1S/C23H28ClF3N4O/c1-2-28-16-17-3-5-18(6-4-17)22(32)29-20-8-7-19(24)15-21(20)31-13-11-30(12-14-31)10-9-23(25,26)27/h3-8,15,28H,2,9-14,16H2,1H3,(H,29,32). The molecule has 3 rings (SSSR count). The van der Waals surface area contributed by atoms with Crippen LogP contribution in [-0.2, 0) is 6.54 Å². The van der Waals surface area contributed by atoms with Crippen molar-refractivity contribution in [3.05, 3.63) is 58.6 Å². The predicted molar refractivity (Wildman–Crippen MR) is 123 cm³/mol. The van der Waals surface area contributed by atoms with Crippen molar-refractivity contribution in [2.45, 2.75) is 26.1 Å². The van der Waals surface area contributed by atoms with E-state index >= 15 is 0 Å². The van der Waals surface area contributed by atoms with Crippen molar-refractivity contribution in [1.29, 1.82) is 0 Å². The summed E-state index contributed by atoms with van der Waals surface area (Å²) in [5.41, 5.74) is 3.03. The van der Waals surface area contributed by atoms with Crippen LogP contribution < -0.4 is 15.5 Å². The Balaban J connectivity index is 1.64. The Bertz CT molecular complexity index is 897. The number of carbonyl (C=O) groups is 1. The van der Waals surface area contributed by atoms with Crippen LogP contribution in [-0.4, -0.2) is 56.3 Å². The van der Waals surface area contributed by atoms with Gasteiger partial charge in [-0.25, -0.2) is 0 Å². The first-order chi connectivity index (χ1) is 15.2. The Labute approximate surface area is 191 Å². The quantitative estimate of drug-likeness (QED) is 0.585. The Morgan fingerprint density at radius 2 is 1.75 bits per heavy atom. The van der Waals surface area contributed by atoms with E-state index < -0.39 is 12.6 Å². The maximum atomic E-state index is 12.8. The second-order valence-corrected chi connectivity index (χ2v) is 8.22. The molecule has 1 aliphatic heterocycles. The van der Waals surface area contributed by atoms with Crippen LogP contribution in [0.2, 0.25) is 5.02 Å². The van der Waals surface area contributed by atoms with Gasteiger partial charge in [0.15, 0.2) is 0 Å². The molecule has 0 aliphatic carbocycles. The number of anilines is 2. The molecule has 32 heavy (non-hydrogen) atoms. The highest BCUT2D eigenvalue weighted by Gasteiger charge is 2.29. The second-order valence-electron chi connectivity index (χ2n) is 7.79. The molecule has 2 aromatic rings. The van der Waals surface area contributed by atoms with Gasteiger partial charge >= 0.3 is 6.18 Å². The van der Waals surface area contributed by atoms with Gasteiger partial charge < -0.3 is 15.5 Å². The van der Waals surface area contributed by atoms with Gasteiger partial charge in [-0.05, 0) is 42.4 Å². The molecule has 0 radical (unpaired) electrons. The highest BCUT2D eigenvalue weighted by molar-refractivity contribution is 6.31. The molecule has 0 aromatic heterocycles. The molecular weight excluding hydrogens is 441 g/mol. The molecular formula is C23H28ClF3N4O. The minimum absolute atomic E-state index is 0.000248. The number of carbonyl (C=O) groups excluding carboxylic acids is 1. The van der Waals surface area contributed by atoms with E-state index in [1.807, 2.05) is 28.9 Å². The van der Waals surface area contributed by atoms with Crippen LogP contribution in [0.15, 0.2) is 42.5 Å². The first-order valence-electron chi connectivity index (χ1n) is 10.7. The van der Waals surface area contributed by atoms with Crippen molar-refractivity contribution >= 4 is 28.9 Å². The van der Waals surface area contributed by atoms with Gasteiger partial charge in [-0.2, -0.15) is 13.2 Å². The molecule has 2 N–H and O–H groups in total. The molecule has 1 saturated heterocycles. The Hall–Kier alpha value is -2.29. The van der Waals surface area contributed by atoms with E-state index in [9.17, 15) is 18.0 Å². The summed E-state index contributed by atoms with van der Waals surface area (Å²) in [4.78, 5) is 16.7. The third-order valence-electron chi connectivity index (χ3n) is 5.43. The number of amides is 1. The van der Waals surface area contributed by atoms with Crippen molar-refractivity contribution in [1.82, 2.24) is 10.2 Å². The van der Waals surface area contributed by atoms with Crippen LogP contribution >= 0.6 is 11.6 Å². The number of benzene rings is 2. The first-order valence-corrected chi connectivity index (χ1v) is 11.1. The fraction of sp³-hybridized carbons (Fsp3) is 0.435. The Morgan fingerprint density at radius 1 is 1.06 bits per heavy atom. The summed E-state index contributed by atoms with van der Waals surface area (Å²) < 4.78 is 37.5. The van der Waals surface area contributed by atoms with E-state index in [1.54, 1.807) is 30.3 Å². The molecule has 0 saturated carbocycles. The zero-order valence-corrected chi connectivity index (χ0v) is 18.8. The molecule has 5 nitrogen and oxygen atoms in total. The van der Waals surface area contributed by atoms with Crippen molar-refractivity contribution in [3.8, 4) is 0 Å². The molecule has 0 atom stereocenters. The number of hydrogen-bond donors (Lipinski definition) is 2.